The maximum Gasteiger partial charge on any atom is -0.0128 e. The van der Waals surface area contributed by atoms with Crippen molar-refractivity contribution >= 4 is 17.6 Å². The lowest BCUT2D eigenvalue weighted by Crippen LogP contribution is -1.96. The number of rotatable bonds is 1. The molecular weight excluding hydrogens is 128 g/mol. The van der Waals surface area contributed by atoms with Crippen molar-refractivity contribution in [2.75, 3.05) is 0 Å². The molecule has 1 heteroatoms. The largest absolute Gasteiger partial charge is 0.0932 e. The van der Waals surface area contributed by atoms with Gasteiger partial charge in [0.25, 0.3) is 0 Å². The van der Waals surface area contributed by atoms with Crippen LogP contribution in [0.4, 0.5) is 0 Å². The Balaban J connectivity index is 2.26. The van der Waals surface area contributed by atoms with Crippen LogP contribution in [0, 0.1) is 5.92 Å². The van der Waals surface area contributed by atoms with Crippen molar-refractivity contribution in [3.63, 3.8) is 0 Å². The molecule has 0 radical (unpaired) electrons. The molecule has 1 fully saturated rings. The third-order valence-electron chi connectivity index (χ3n) is 2.09. The Kier molecular flexibility index (Phi) is 3.20. The standard InChI is InChI=1S/C8H14S/c9-7-8-5-3-1-2-4-6-8/h7-8H,1-6H2. The minimum atomic E-state index is 0.766. The van der Waals surface area contributed by atoms with Crippen LogP contribution in [0.5, 0.6) is 0 Å². The van der Waals surface area contributed by atoms with E-state index in [4.69, 9.17) is 12.2 Å². The third kappa shape index (κ3) is 2.44. The van der Waals surface area contributed by atoms with E-state index in [1.54, 1.807) is 0 Å². The molecule has 0 aromatic heterocycles. The van der Waals surface area contributed by atoms with Crippen molar-refractivity contribution in [2.45, 2.75) is 38.5 Å². The molecule has 1 aliphatic carbocycles. The zero-order chi connectivity index (χ0) is 6.53. The van der Waals surface area contributed by atoms with E-state index in [0.29, 0.717) is 0 Å². The van der Waals surface area contributed by atoms with E-state index in [1.165, 1.54) is 38.5 Å². The molecule has 9 heavy (non-hydrogen) atoms. The second-order valence-corrected chi connectivity index (χ2v) is 3.16. The molecule has 0 amide bonds. The normalized spacial score (nSPS) is 23.1. The van der Waals surface area contributed by atoms with Crippen molar-refractivity contribution in [1.29, 1.82) is 0 Å². The van der Waals surface area contributed by atoms with Crippen LogP contribution in [0.1, 0.15) is 38.5 Å². The van der Waals surface area contributed by atoms with Crippen molar-refractivity contribution in [1.82, 2.24) is 0 Å². The van der Waals surface area contributed by atoms with Crippen LogP contribution >= 0.6 is 12.2 Å². The van der Waals surface area contributed by atoms with E-state index < -0.39 is 0 Å². The summed E-state index contributed by atoms with van der Waals surface area (Å²) in [6.45, 7) is 0. The Hall–Kier alpha value is 0.0900. The van der Waals surface area contributed by atoms with Gasteiger partial charge >= 0.3 is 0 Å². The van der Waals surface area contributed by atoms with Crippen LogP contribution in [0.25, 0.3) is 0 Å². The Morgan fingerprint density at radius 3 is 2.00 bits per heavy atom. The third-order valence-corrected chi connectivity index (χ3v) is 2.48. The molecule has 0 aliphatic heterocycles. The first kappa shape index (κ1) is 7.20. The van der Waals surface area contributed by atoms with Crippen LogP contribution in [-0.4, -0.2) is 5.37 Å². The molecule has 0 heterocycles. The molecule has 0 bridgehead atoms. The Morgan fingerprint density at radius 2 is 1.56 bits per heavy atom. The fourth-order valence-electron chi connectivity index (χ4n) is 1.45. The quantitative estimate of drug-likeness (QED) is 0.400. The predicted molar refractivity (Wildman–Crippen MR) is 44.8 cm³/mol. The fraction of sp³-hybridized carbons (Fsp3) is 0.875. The highest BCUT2D eigenvalue weighted by Gasteiger charge is 2.07. The van der Waals surface area contributed by atoms with Crippen LogP contribution in [-0.2, 0) is 0 Å². The Labute approximate surface area is 62.6 Å². The zero-order valence-electron chi connectivity index (χ0n) is 5.81. The smallest absolute Gasteiger partial charge is 0.0128 e. The lowest BCUT2D eigenvalue weighted by atomic mass is 10.0. The second kappa shape index (κ2) is 3.99. The summed E-state index contributed by atoms with van der Waals surface area (Å²) in [5.41, 5.74) is 0. The summed E-state index contributed by atoms with van der Waals surface area (Å²) >= 11 is 4.91. The van der Waals surface area contributed by atoms with E-state index in [2.05, 4.69) is 0 Å². The van der Waals surface area contributed by atoms with E-state index in [-0.39, 0.29) is 0 Å². The van der Waals surface area contributed by atoms with Crippen LogP contribution in [0.15, 0.2) is 0 Å². The lowest BCUT2D eigenvalue weighted by molar-refractivity contribution is 0.607. The minimum Gasteiger partial charge on any atom is -0.0932 e. The topological polar surface area (TPSA) is 0 Å². The van der Waals surface area contributed by atoms with Gasteiger partial charge in [-0.3, -0.25) is 0 Å². The van der Waals surface area contributed by atoms with Crippen molar-refractivity contribution < 1.29 is 0 Å². The molecule has 0 unspecified atom stereocenters. The monoisotopic (exact) mass is 142 g/mol. The van der Waals surface area contributed by atoms with E-state index in [1.807, 2.05) is 5.37 Å². The second-order valence-electron chi connectivity index (χ2n) is 2.89. The summed E-state index contributed by atoms with van der Waals surface area (Å²) in [7, 11) is 0. The van der Waals surface area contributed by atoms with Gasteiger partial charge in [0.15, 0.2) is 0 Å². The van der Waals surface area contributed by atoms with Gasteiger partial charge in [-0.15, -0.1) is 0 Å². The van der Waals surface area contributed by atoms with Crippen molar-refractivity contribution in [3.8, 4) is 0 Å². The van der Waals surface area contributed by atoms with Crippen molar-refractivity contribution in [3.05, 3.63) is 0 Å². The van der Waals surface area contributed by atoms with E-state index >= 15 is 0 Å². The number of thiocarbonyl (C=S) groups is 1. The average molecular weight is 142 g/mol. The van der Waals surface area contributed by atoms with Gasteiger partial charge in [-0.25, -0.2) is 0 Å². The maximum atomic E-state index is 4.91. The van der Waals surface area contributed by atoms with Gasteiger partial charge in [-0.1, -0.05) is 37.9 Å². The molecule has 0 N–H and O–H groups in total. The molecule has 0 saturated heterocycles. The molecule has 1 aliphatic rings. The molecule has 0 atom stereocenters. The average Bonchev–Trinajstić information content (AvgIpc) is 2.13. The van der Waals surface area contributed by atoms with Crippen LogP contribution in [0.2, 0.25) is 0 Å². The molecule has 1 rings (SSSR count). The first-order chi connectivity index (χ1) is 4.43. The summed E-state index contributed by atoms with van der Waals surface area (Å²) in [5, 5.41) is 1.96. The summed E-state index contributed by atoms with van der Waals surface area (Å²) in [6.07, 6.45) is 8.36. The summed E-state index contributed by atoms with van der Waals surface area (Å²) in [5.74, 6) is 0.766. The van der Waals surface area contributed by atoms with Crippen LogP contribution < -0.4 is 0 Å². The zero-order valence-corrected chi connectivity index (χ0v) is 6.62. The first-order valence-corrected chi connectivity index (χ1v) is 4.36. The highest BCUT2D eigenvalue weighted by molar-refractivity contribution is 7.79. The van der Waals surface area contributed by atoms with Crippen LogP contribution in [0.3, 0.4) is 0 Å². The van der Waals surface area contributed by atoms with Gasteiger partial charge in [-0.05, 0) is 24.1 Å². The fourth-order valence-corrected chi connectivity index (χ4v) is 1.72. The summed E-state index contributed by atoms with van der Waals surface area (Å²) in [6, 6.07) is 0. The summed E-state index contributed by atoms with van der Waals surface area (Å²) in [4.78, 5) is 0. The molecule has 0 spiro atoms. The van der Waals surface area contributed by atoms with Crippen molar-refractivity contribution in [2.24, 2.45) is 5.92 Å². The van der Waals surface area contributed by atoms with E-state index in [0.717, 1.165) is 5.92 Å². The molecule has 1 saturated carbocycles. The predicted octanol–water partition coefficient (Wildman–Crippen LogP) is 2.96. The van der Waals surface area contributed by atoms with Gasteiger partial charge in [0, 0.05) is 0 Å². The van der Waals surface area contributed by atoms with E-state index in [9.17, 15) is 0 Å². The molecule has 0 aromatic rings. The first-order valence-electron chi connectivity index (χ1n) is 3.89. The number of hydrogen-bond donors (Lipinski definition) is 0. The molecular formula is C8H14S. The number of hydrogen-bond acceptors (Lipinski definition) is 1. The SMILES string of the molecule is S=CC1CCCCCC1. The van der Waals surface area contributed by atoms with Gasteiger partial charge < -0.3 is 0 Å². The lowest BCUT2D eigenvalue weighted by Gasteiger charge is -2.03. The minimum absolute atomic E-state index is 0.766. The Bertz CT molecular complexity index is 80.6. The Morgan fingerprint density at radius 1 is 1.00 bits per heavy atom. The molecule has 0 nitrogen and oxygen atoms in total. The highest BCUT2D eigenvalue weighted by Crippen LogP contribution is 2.20. The van der Waals surface area contributed by atoms with Gasteiger partial charge in [0.2, 0.25) is 0 Å². The van der Waals surface area contributed by atoms with Gasteiger partial charge in [-0.2, -0.15) is 0 Å². The molecule has 52 valence electrons. The highest BCUT2D eigenvalue weighted by atomic mass is 32.1. The van der Waals surface area contributed by atoms with Gasteiger partial charge in [0.05, 0.1) is 0 Å². The molecule has 0 aromatic carbocycles. The summed E-state index contributed by atoms with van der Waals surface area (Å²) < 4.78 is 0. The van der Waals surface area contributed by atoms with Gasteiger partial charge in [0.1, 0.15) is 0 Å². The maximum absolute atomic E-state index is 4.91.